The van der Waals surface area contributed by atoms with Crippen molar-refractivity contribution in [1.82, 2.24) is 20.0 Å². The summed E-state index contributed by atoms with van der Waals surface area (Å²) >= 11 is 0. The topological polar surface area (TPSA) is 68.4 Å². The van der Waals surface area contributed by atoms with Crippen LogP contribution in [0.5, 0.6) is 5.75 Å². The highest BCUT2D eigenvalue weighted by atomic mass is 16.5. The lowest BCUT2D eigenvalue weighted by atomic mass is 10.1. The molecular formula is C20H29N5O3. The summed E-state index contributed by atoms with van der Waals surface area (Å²) in [5.41, 5.74) is 1.07. The molecule has 0 aliphatic carbocycles. The van der Waals surface area contributed by atoms with Crippen molar-refractivity contribution in [2.45, 2.75) is 44.7 Å². The van der Waals surface area contributed by atoms with Crippen molar-refractivity contribution >= 4 is 17.6 Å². The number of methoxy groups -OCH3 is 1. The smallest absolute Gasteiger partial charge is 0.327 e. The second kappa shape index (κ2) is 7.60. The van der Waals surface area contributed by atoms with Gasteiger partial charge in [0.15, 0.2) is 0 Å². The average Bonchev–Trinajstić information content (AvgIpc) is 3.12. The first-order chi connectivity index (χ1) is 13.6. The molecule has 28 heavy (non-hydrogen) atoms. The van der Waals surface area contributed by atoms with Gasteiger partial charge in [-0.15, -0.1) is 0 Å². The highest BCUT2D eigenvalue weighted by Gasteiger charge is 2.55. The van der Waals surface area contributed by atoms with Crippen molar-refractivity contribution in [3.8, 4) is 5.75 Å². The first-order valence-electron chi connectivity index (χ1n) is 10.1. The number of hydrogen-bond donors (Lipinski definition) is 1. The van der Waals surface area contributed by atoms with Gasteiger partial charge >= 0.3 is 6.03 Å². The van der Waals surface area contributed by atoms with Crippen molar-refractivity contribution in [3.63, 3.8) is 0 Å². The van der Waals surface area contributed by atoms with E-state index < -0.39 is 0 Å². The minimum Gasteiger partial charge on any atom is -0.497 e. The standard InChI is InChI=1S/C20H29N5O3/c1-4-5-11-25-18(26)16-17(22(2)20(25)27)21-19-23(12-6-13-24(16)19)14-7-9-15(28-3)10-8-14/h7-10,16-17,19,21H,4-6,11-13H2,1-3H3. The summed E-state index contributed by atoms with van der Waals surface area (Å²) in [6.45, 7) is 4.28. The zero-order valence-electron chi connectivity index (χ0n) is 16.8. The van der Waals surface area contributed by atoms with E-state index in [2.05, 4.69) is 22.0 Å². The van der Waals surface area contributed by atoms with Gasteiger partial charge in [0.25, 0.3) is 5.91 Å². The lowest BCUT2D eigenvalue weighted by Crippen LogP contribution is -2.66. The molecule has 3 aliphatic rings. The van der Waals surface area contributed by atoms with E-state index in [1.54, 1.807) is 19.1 Å². The molecule has 0 radical (unpaired) electrons. The number of carbonyl (C=O) groups excluding carboxylic acids is 2. The van der Waals surface area contributed by atoms with Gasteiger partial charge in [-0.25, -0.2) is 4.79 Å². The number of anilines is 1. The molecule has 1 aromatic carbocycles. The fourth-order valence-corrected chi connectivity index (χ4v) is 4.48. The molecule has 152 valence electrons. The number of likely N-dealkylation sites (N-methyl/N-ethyl adjacent to an activating group) is 1. The number of amides is 3. The molecule has 8 nitrogen and oxygen atoms in total. The van der Waals surface area contributed by atoms with Crippen LogP contribution in [0, 0.1) is 0 Å². The maximum Gasteiger partial charge on any atom is 0.327 e. The lowest BCUT2D eigenvalue weighted by Gasteiger charge is -2.43. The van der Waals surface area contributed by atoms with Gasteiger partial charge in [-0.05, 0) is 37.1 Å². The van der Waals surface area contributed by atoms with Gasteiger partial charge in [0.05, 0.1) is 7.11 Å². The summed E-state index contributed by atoms with van der Waals surface area (Å²) in [6, 6.07) is 7.42. The summed E-state index contributed by atoms with van der Waals surface area (Å²) in [7, 11) is 3.44. The van der Waals surface area contributed by atoms with Crippen LogP contribution in [0.15, 0.2) is 24.3 Å². The van der Waals surface area contributed by atoms with Gasteiger partial charge in [0, 0.05) is 32.4 Å². The van der Waals surface area contributed by atoms with Crippen LogP contribution in [-0.2, 0) is 4.79 Å². The molecule has 3 heterocycles. The van der Waals surface area contributed by atoms with Crippen LogP contribution >= 0.6 is 0 Å². The number of imide groups is 1. The number of nitrogens with one attached hydrogen (secondary N) is 1. The highest BCUT2D eigenvalue weighted by molar-refractivity contribution is 6.00. The third-order valence-corrected chi connectivity index (χ3v) is 6.01. The van der Waals surface area contributed by atoms with E-state index in [1.165, 1.54) is 4.90 Å². The van der Waals surface area contributed by atoms with E-state index in [4.69, 9.17) is 4.74 Å². The normalized spacial score (nSPS) is 27.8. The minimum atomic E-state index is -0.342. The fraction of sp³-hybridized carbons (Fsp3) is 0.600. The van der Waals surface area contributed by atoms with E-state index in [1.807, 2.05) is 24.3 Å². The van der Waals surface area contributed by atoms with Gasteiger partial charge in [-0.1, -0.05) is 13.3 Å². The Hall–Kier alpha value is -2.32. The molecule has 3 atom stereocenters. The molecule has 3 unspecified atom stereocenters. The maximum atomic E-state index is 13.2. The molecular weight excluding hydrogens is 358 g/mol. The summed E-state index contributed by atoms with van der Waals surface area (Å²) < 4.78 is 5.27. The summed E-state index contributed by atoms with van der Waals surface area (Å²) in [5, 5.41) is 3.54. The van der Waals surface area contributed by atoms with Crippen molar-refractivity contribution in [3.05, 3.63) is 24.3 Å². The van der Waals surface area contributed by atoms with Crippen LogP contribution in [0.25, 0.3) is 0 Å². The molecule has 8 heteroatoms. The van der Waals surface area contributed by atoms with Gasteiger partial charge in [-0.2, -0.15) is 0 Å². The van der Waals surface area contributed by atoms with Crippen LogP contribution in [-0.4, -0.2) is 78.9 Å². The Balaban J connectivity index is 1.60. The Bertz CT molecular complexity index is 740. The van der Waals surface area contributed by atoms with Crippen LogP contribution in [0.2, 0.25) is 0 Å². The molecule has 0 saturated carbocycles. The van der Waals surface area contributed by atoms with E-state index in [0.29, 0.717) is 6.54 Å². The zero-order chi connectivity index (χ0) is 19.8. The number of fused-ring (bicyclic) bond motifs is 3. The highest BCUT2D eigenvalue weighted by Crippen LogP contribution is 2.33. The monoisotopic (exact) mass is 387 g/mol. The van der Waals surface area contributed by atoms with Gasteiger partial charge in [0.1, 0.15) is 24.2 Å². The molecule has 0 aromatic heterocycles. The van der Waals surface area contributed by atoms with Crippen molar-refractivity contribution in [2.24, 2.45) is 0 Å². The number of urea groups is 1. The molecule has 4 rings (SSSR count). The number of benzene rings is 1. The van der Waals surface area contributed by atoms with Gasteiger partial charge < -0.3 is 14.5 Å². The number of unbranched alkanes of at least 4 members (excludes halogenated alkanes) is 1. The number of nitrogens with zero attached hydrogens (tertiary/aromatic N) is 4. The molecule has 3 aliphatic heterocycles. The molecule has 1 aromatic rings. The second-order valence-corrected chi connectivity index (χ2v) is 7.65. The first kappa shape index (κ1) is 19.0. The van der Waals surface area contributed by atoms with Crippen molar-refractivity contribution < 1.29 is 14.3 Å². The van der Waals surface area contributed by atoms with Gasteiger partial charge in [0.2, 0.25) is 0 Å². The molecule has 3 amide bonds. The predicted molar refractivity (Wildman–Crippen MR) is 106 cm³/mol. The predicted octanol–water partition coefficient (Wildman–Crippen LogP) is 1.48. The average molecular weight is 387 g/mol. The third kappa shape index (κ3) is 3.00. The van der Waals surface area contributed by atoms with E-state index >= 15 is 0 Å². The fourth-order valence-electron chi connectivity index (χ4n) is 4.48. The summed E-state index contributed by atoms with van der Waals surface area (Å²) in [6.07, 6.45) is 2.33. The molecule has 3 saturated heterocycles. The van der Waals surface area contributed by atoms with Crippen molar-refractivity contribution in [2.75, 3.05) is 38.7 Å². The Labute approximate surface area is 166 Å². The van der Waals surface area contributed by atoms with Crippen molar-refractivity contribution in [1.29, 1.82) is 0 Å². The summed E-state index contributed by atoms with van der Waals surface area (Å²) in [5.74, 6) is 0.742. The Morgan fingerprint density at radius 2 is 1.93 bits per heavy atom. The lowest BCUT2D eigenvalue weighted by molar-refractivity contribution is -0.138. The first-order valence-corrected chi connectivity index (χ1v) is 10.1. The van der Waals surface area contributed by atoms with Crippen LogP contribution < -0.4 is 15.0 Å². The Kier molecular flexibility index (Phi) is 5.16. The van der Waals surface area contributed by atoms with Crippen LogP contribution in [0.4, 0.5) is 10.5 Å². The Morgan fingerprint density at radius 1 is 1.18 bits per heavy atom. The zero-order valence-corrected chi connectivity index (χ0v) is 16.8. The van der Waals surface area contributed by atoms with Crippen LogP contribution in [0.3, 0.4) is 0 Å². The number of rotatable bonds is 5. The quantitative estimate of drug-likeness (QED) is 0.826. The largest absolute Gasteiger partial charge is 0.497 e. The molecule has 1 N–H and O–H groups in total. The van der Waals surface area contributed by atoms with Gasteiger partial charge in [-0.3, -0.25) is 19.9 Å². The number of ether oxygens (including phenoxy) is 1. The second-order valence-electron chi connectivity index (χ2n) is 7.65. The van der Waals surface area contributed by atoms with Crippen LogP contribution in [0.1, 0.15) is 26.2 Å². The summed E-state index contributed by atoms with van der Waals surface area (Å²) in [4.78, 5) is 33.6. The number of hydrogen-bond acceptors (Lipinski definition) is 6. The van der Waals surface area contributed by atoms with E-state index in [-0.39, 0.29) is 30.4 Å². The number of carbonyl (C=O) groups is 2. The third-order valence-electron chi connectivity index (χ3n) is 6.01. The van der Waals surface area contributed by atoms with E-state index in [9.17, 15) is 9.59 Å². The Morgan fingerprint density at radius 3 is 2.61 bits per heavy atom. The molecule has 0 spiro atoms. The SMILES string of the molecule is CCCCN1C(=O)C2C(NC3N(c4ccc(OC)cc4)CCCN23)N(C)C1=O. The van der Waals surface area contributed by atoms with E-state index in [0.717, 1.165) is 43.8 Å². The maximum absolute atomic E-state index is 13.2. The molecule has 3 fully saturated rings. The molecule has 0 bridgehead atoms. The minimum absolute atomic E-state index is 0.0758.